The zero-order valence-corrected chi connectivity index (χ0v) is 9.03. The number of rotatable bonds is 1. The molecule has 6 heteroatoms. The predicted octanol–water partition coefficient (Wildman–Crippen LogP) is 3.18. The molecule has 0 fully saturated rings. The topological polar surface area (TPSA) is 22.1 Å². The maximum Gasteiger partial charge on any atom is 0.433 e. The molecule has 0 amide bonds. The van der Waals surface area contributed by atoms with Gasteiger partial charge in [-0.1, -0.05) is 0 Å². The van der Waals surface area contributed by atoms with Crippen LogP contribution in [0, 0.1) is 6.92 Å². The summed E-state index contributed by atoms with van der Waals surface area (Å²) >= 11 is 3.05. The lowest BCUT2D eigenvalue weighted by atomic mass is 10.2. The zero-order chi connectivity index (χ0) is 10.9. The molecule has 0 aliphatic rings. The summed E-state index contributed by atoms with van der Waals surface area (Å²) in [6.07, 6.45) is -4.45. The lowest BCUT2D eigenvalue weighted by Gasteiger charge is -2.11. The minimum atomic E-state index is -4.45. The molecule has 0 unspecified atom stereocenters. The van der Waals surface area contributed by atoms with Crippen LogP contribution in [0.5, 0.6) is 5.88 Å². The zero-order valence-electron chi connectivity index (χ0n) is 7.44. The number of aryl methyl sites for hydroxylation is 1. The second-order valence-corrected chi connectivity index (χ2v) is 3.50. The van der Waals surface area contributed by atoms with Gasteiger partial charge in [0.1, 0.15) is 0 Å². The molecule has 0 bridgehead atoms. The van der Waals surface area contributed by atoms with Crippen molar-refractivity contribution in [2.24, 2.45) is 0 Å². The molecule has 1 heterocycles. The third kappa shape index (κ3) is 2.17. The van der Waals surface area contributed by atoms with E-state index in [9.17, 15) is 13.2 Å². The average Bonchev–Trinajstić information content (AvgIpc) is 2.02. The molecule has 0 aromatic carbocycles. The second kappa shape index (κ2) is 3.76. The first-order chi connectivity index (χ1) is 6.36. The van der Waals surface area contributed by atoms with E-state index < -0.39 is 11.9 Å². The van der Waals surface area contributed by atoms with E-state index in [1.54, 1.807) is 0 Å². The molecule has 0 saturated carbocycles. The normalized spacial score (nSPS) is 11.6. The monoisotopic (exact) mass is 269 g/mol. The van der Waals surface area contributed by atoms with Crippen molar-refractivity contribution in [2.45, 2.75) is 13.1 Å². The van der Waals surface area contributed by atoms with E-state index in [2.05, 4.69) is 25.7 Å². The molecule has 0 N–H and O–H groups in total. The number of methoxy groups -OCH3 is 1. The summed E-state index contributed by atoms with van der Waals surface area (Å²) in [6.45, 7) is 1.35. The number of ether oxygens (including phenoxy) is 1. The Kier molecular flexibility index (Phi) is 3.04. The van der Waals surface area contributed by atoms with E-state index in [-0.39, 0.29) is 11.4 Å². The Morgan fingerprint density at radius 3 is 2.43 bits per heavy atom. The third-order valence-electron chi connectivity index (χ3n) is 1.60. The SMILES string of the molecule is COc1nc(C(F)(F)F)c(C)cc1Br. The van der Waals surface area contributed by atoms with Gasteiger partial charge in [0.25, 0.3) is 0 Å². The standard InChI is InChI=1S/C8H7BrF3NO/c1-4-3-5(9)7(14-2)13-6(4)8(10,11)12/h3H,1-2H3. The van der Waals surface area contributed by atoms with Gasteiger partial charge >= 0.3 is 6.18 Å². The molecule has 1 rings (SSSR count). The highest BCUT2D eigenvalue weighted by Crippen LogP contribution is 2.34. The van der Waals surface area contributed by atoms with Gasteiger partial charge in [0.05, 0.1) is 11.6 Å². The number of hydrogen-bond donors (Lipinski definition) is 0. The number of pyridine rings is 1. The van der Waals surface area contributed by atoms with Crippen LogP contribution in [-0.2, 0) is 6.18 Å². The molecule has 0 aliphatic carbocycles. The smallest absolute Gasteiger partial charge is 0.433 e. The number of aromatic nitrogens is 1. The van der Waals surface area contributed by atoms with Crippen molar-refractivity contribution >= 4 is 15.9 Å². The van der Waals surface area contributed by atoms with Crippen LogP contribution >= 0.6 is 15.9 Å². The number of halogens is 4. The molecule has 0 aliphatic heterocycles. The largest absolute Gasteiger partial charge is 0.480 e. The highest BCUT2D eigenvalue weighted by Gasteiger charge is 2.35. The summed E-state index contributed by atoms with van der Waals surface area (Å²) in [5.74, 6) is -0.0667. The molecule has 14 heavy (non-hydrogen) atoms. The van der Waals surface area contributed by atoms with Crippen LogP contribution in [0.4, 0.5) is 13.2 Å². The Labute approximate surface area is 87.2 Å². The fraction of sp³-hybridized carbons (Fsp3) is 0.375. The van der Waals surface area contributed by atoms with Crippen molar-refractivity contribution in [3.63, 3.8) is 0 Å². The molecule has 0 atom stereocenters. The number of alkyl halides is 3. The van der Waals surface area contributed by atoms with Crippen molar-refractivity contribution in [1.82, 2.24) is 4.98 Å². The quantitative estimate of drug-likeness (QED) is 0.781. The molecular formula is C8H7BrF3NO. The molecule has 2 nitrogen and oxygen atoms in total. The Morgan fingerprint density at radius 1 is 1.43 bits per heavy atom. The Morgan fingerprint density at radius 2 is 2.00 bits per heavy atom. The molecular weight excluding hydrogens is 263 g/mol. The van der Waals surface area contributed by atoms with Gasteiger partial charge in [-0.05, 0) is 34.5 Å². The highest BCUT2D eigenvalue weighted by atomic mass is 79.9. The van der Waals surface area contributed by atoms with Gasteiger partial charge in [0.2, 0.25) is 5.88 Å². The fourth-order valence-corrected chi connectivity index (χ4v) is 1.59. The van der Waals surface area contributed by atoms with E-state index in [0.717, 1.165) is 0 Å². The van der Waals surface area contributed by atoms with Crippen molar-refractivity contribution in [2.75, 3.05) is 7.11 Å². The lowest BCUT2D eigenvalue weighted by Crippen LogP contribution is -2.11. The molecule has 1 aromatic heterocycles. The molecule has 1 aromatic rings. The molecule has 0 saturated heterocycles. The summed E-state index contributed by atoms with van der Waals surface area (Å²) in [5.41, 5.74) is -0.859. The van der Waals surface area contributed by atoms with Gasteiger partial charge in [0, 0.05) is 0 Å². The van der Waals surface area contributed by atoms with Crippen LogP contribution in [0.3, 0.4) is 0 Å². The number of nitrogens with zero attached hydrogens (tertiary/aromatic N) is 1. The van der Waals surface area contributed by atoms with Gasteiger partial charge in [0.15, 0.2) is 5.69 Å². The minimum Gasteiger partial charge on any atom is -0.480 e. The van der Waals surface area contributed by atoms with Gasteiger partial charge in [-0.25, -0.2) is 4.98 Å². The van der Waals surface area contributed by atoms with Crippen molar-refractivity contribution in [3.8, 4) is 5.88 Å². The molecule has 0 spiro atoms. The van der Waals surface area contributed by atoms with Gasteiger partial charge in [-0.15, -0.1) is 0 Å². The van der Waals surface area contributed by atoms with Crippen LogP contribution in [0.15, 0.2) is 10.5 Å². The first kappa shape index (κ1) is 11.3. The van der Waals surface area contributed by atoms with Crippen molar-refractivity contribution in [3.05, 3.63) is 21.8 Å². The van der Waals surface area contributed by atoms with Gasteiger partial charge < -0.3 is 4.74 Å². The first-order valence-corrected chi connectivity index (χ1v) is 4.44. The molecule has 78 valence electrons. The molecule has 0 radical (unpaired) electrons. The van der Waals surface area contributed by atoms with Crippen LogP contribution in [-0.4, -0.2) is 12.1 Å². The number of hydrogen-bond acceptors (Lipinski definition) is 2. The van der Waals surface area contributed by atoms with E-state index in [1.807, 2.05) is 0 Å². The van der Waals surface area contributed by atoms with Gasteiger partial charge in [-0.2, -0.15) is 13.2 Å². The first-order valence-electron chi connectivity index (χ1n) is 3.64. The fourth-order valence-electron chi connectivity index (χ4n) is 0.993. The predicted molar refractivity (Wildman–Crippen MR) is 48.2 cm³/mol. The van der Waals surface area contributed by atoms with E-state index >= 15 is 0 Å². The second-order valence-electron chi connectivity index (χ2n) is 2.64. The summed E-state index contributed by atoms with van der Waals surface area (Å²) in [6, 6.07) is 1.33. The summed E-state index contributed by atoms with van der Waals surface area (Å²) in [7, 11) is 1.27. The summed E-state index contributed by atoms with van der Waals surface area (Å²) < 4.78 is 42.2. The average molecular weight is 270 g/mol. The van der Waals surface area contributed by atoms with Crippen LogP contribution in [0.25, 0.3) is 0 Å². The Hall–Kier alpha value is -0.780. The maximum absolute atomic E-state index is 12.4. The van der Waals surface area contributed by atoms with E-state index in [4.69, 9.17) is 0 Å². The van der Waals surface area contributed by atoms with Crippen molar-refractivity contribution < 1.29 is 17.9 Å². The van der Waals surface area contributed by atoms with E-state index in [1.165, 1.54) is 20.1 Å². The van der Waals surface area contributed by atoms with Crippen molar-refractivity contribution in [1.29, 1.82) is 0 Å². The van der Waals surface area contributed by atoms with Crippen LogP contribution < -0.4 is 4.74 Å². The maximum atomic E-state index is 12.4. The Balaban J connectivity index is 3.32. The van der Waals surface area contributed by atoms with Crippen LogP contribution in [0.2, 0.25) is 0 Å². The summed E-state index contributed by atoms with van der Waals surface area (Å²) in [5, 5.41) is 0. The van der Waals surface area contributed by atoms with Gasteiger partial charge in [-0.3, -0.25) is 0 Å². The van der Waals surface area contributed by atoms with Crippen LogP contribution in [0.1, 0.15) is 11.3 Å². The highest BCUT2D eigenvalue weighted by molar-refractivity contribution is 9.10. The third-order valence-corrected chi connectivity index (χ3v) is 2.16. The lowest BCUT2D eigenvalue weighted by molar-refractivity contribution is -0.141. The Bertz CT molecular complexity index is 351. The van der Waals surface area contributed by atoms with E-state index in [0.29, 0.717) is 4.47 Å². The minimum absolute atomic E-state index is 0.0603. The summed E-state index contributed by atoms with van der Waals surface area (Å²) in [4.78, 5) is 3.37.